The fraction of sp³-hybridized carbons (Fsp3) is 0.103. The predicted octanol–water partition coefficient (Wildman–Crippen LogP) is 9.75. The summed E-state index contributed by atoms with van der Waals surface area (Å²) in [5.74, 6) is -1.14. The second-order valence-corrected chi connectivity index (χ2v) is 12.8. The highest BCUT2D eigenvalue weighted by molar-refractivity contribution is 8.00. The van der Waals surface area contributed by atoms with Crippen LogP contribution in [0.2, 0.25) is 10.0 Å². The largest absolute Gasteiger partial charge is 0.324 e. The molecule has 0 saturated heterocycles. The van der Waals surface area contributed by atoms with Crippen molar-refractivity contribution in [2.24, 2.45) is 0 Å². The van der Waals surface area contributed by atoms with Gasteiger partial charge in [0, 0.05) is 21.8 Å². The average Bonchev–Trinajstić information content (AvgIpc) is 3.11. The number of para-hydroxylation sites is 1. The van der Waals surface area contributed by atoms with Gasteiger partial charge in [-0.3, -0.25) is 14.4 Å². The molecule has 9 heteroatoms. The Hall–Kier alpha value is -4.82. The van der Waals surface area contributed by atoms with E-state index in [0.717, 1.165) is 33.7 Å². The Morgan fingerprint density at radius 1 is 0.771 bits per heavy atom. The number of nitrogens with one attached hydrogen (secondary N) is 3. The van der Waals surface area contributed by atoms with Crippen LogP contribution in [0.5, 0.6) is 0 Å². The van der Waals surface area contributed by atoms with Gasteiger partial charge in [0.25, 0.3) is 11.8 Å². The summed E-state index contributed by atoms with van der Waals surface area (Å²) in [5, 5.41) is 8.79. The molecule has 242 valence electrons. The Morgan fingerprint density at radius 3 is 2.12 bits per heavy atom. The lowest BCUT2D eigenvalue weighted by molar-refractivity contribution is -0.116. The Labute approximate surface area is 294 Å². The molecule has 0 fully saturated rings. The van der Waals surface area contributed by atoms with E-state index in [1.54, 1.807) is 60.7 Å². The van der Waals surface area contributed by atoms with Crippen LogP contribution in [0.4, 0.5) is 11.4 Å². The van der Waals surface area contributed by atoms with Crippen molar-refractivity contribution in [3.63, 3.8) is 0 Å². The number of thioether (sulfide) groups is 1. The van der Waals surface area contributed by atoms with E-state index >= 15 is 0 Å². The summed E-state index contributed by atoms with van der Waals surface area (Å²) in [6.45, 7) is 4.06. The van der Waals surface area contributed by atoms with E-state index in [0.29, 0.717) is 21.8 Å². The third-order valence-corrected chi connectivity index (χ3v) is 9.60. The van der Waals surface area contributed by atoms with E-state index in [1.807, 2.05) is 67.6 Å². The molecule has 3 N–H and O–H groups in total. The first kappa shape index (κ1) is 34.5. The number of rotatable bonds is 11. The maximum atomic E-state index is 13.8. The lowest BCUT2D eigenvalue weighted by Gasteiger charge is -2.20. The van der Waals surface area contributed by atoms with E-state index < -0.39 is 17.1 Å². The van der Waals surface area contributed by atoms with E-state index in [4.69, 9.17) is 23.2 Å². The topological polar surface area (TPSA) is 87.3 Å². The van der Waals surface area contributed by atoms with E-state index in [2.05, 4.69) is 22.9 Å². The molecular weight excluding hydrogens is 661 g/mol. The second-order valence-electron chi connectivity index (χ2n) is 10.9. The van der Waals surface area contributed by atoms with Crippen molar-refractivity contribution in [2.75, 3.05) is 10.6 Å². The average molecular weight is 695 g/mol. The first-order valence-electron chi connectivity index (χ1n) is 15.3. The predicted molar refractivity (Wildman–Crippen MR) is 198 cm³/mol. The number of carbonyl (C=O) groups is 3. The number of halogens is 2. The van der Waals surface area contributed by atoms with Crippen LogP contribution in [-0.2, 0) is 16.0 Å². The van der Waals surface area contributed by atoms with Gasteiger partial charge in [0.1, 0.15) is 10.9 Å². The Morgan fingerprint density at radius 2 is 1.44 bits per heavy atom. The van der Waals surface area contributed by atoms with Gasteiger partial charge in [0.05, 0.1) is 10.0 Å². The zero-order valence-corrected chi connectivity index (χ0v) is 28.6. The van der Waals surface area contributed by atoms with Gasteiger partial charge < -0.3 is 16.0 Å². The van der Waals surface area contributed by atoms with E-state index in [9.17, 15) is 14.4 Å². The molecule has 6 nitrogen and oxygen atoms in total. The first-order valence-corrected chi connectivity index (χ1v) is 16.9. The van der Waals surface area contributed by atoms with Crippen molar-refractivity contribution >= 4 is 70.1 Å². The van der Waals surface area contributed by atoms with Crippen molar-refractivity contribution in [1.29, 1.82) is 0 Å². The van der Waals surface area contributed by atoms with Crippen LogP contribution < -0.4 is 16.0 Å². The number of aryl methyl sites for hydroxylation is 2. The highest BCUT2D eigenvalue weighted by Crippen LogP contribution is 2.37. The summed E-state index contributed by atoms with van der Waals surface area (Å²) in [6, 6.07) is 36.4. The summed E-state index contributed by atoms with van der Waals surface area (Å²) in [7, 11) is 0. The van der Waals surface area contributed by atoms with E-state index in [-0.39, 0.29) is 16.6 Å². The fourth-order valence-electron chi connectivity index (χ4n) is 4.97. The molecule has 0 heterocycles. The zero-order chi connectivity index (χ0) is 34.0. The molecule has 0 saturated carbocycles. The van der Waals surface area contributed by atoms with Crippen molar-refractivity contribution in [3.05, 3.63) is 165 Å². The zero-order valence-electron chi connectivity index (χ0n) is 26.3. The number of anilines is 2. The minimum absolute atomic E-state index is 0.0186. The molecule has 5 aromatic rings. The Balaban J connectivity index is 1.36. The van der Waals surface area contributed by atoms with Crippen LogP contribution in [0.3, 0.4) is 0 Å². The van der Waals surface area contributed by atoms with Crippen LogP contribution in [0, 0.1) is 6.92 Å². The molecule has 48 heavy (non-hydrogen) atoms. The minimum atomic E-state index is -0.553. The molecule has 5 aromatic carbocycles. The minimum Gasteiger partial charge on any atom is -0.324 e. The first-order chi connectivity index (χ1) is 23.2. The van der Waals surface area contributed by atoms with Crippen LogP contribution >= 0.6 is 35.0 Å². The molecule has 1 atom stereocenters. The molecule has 0 radical (unpaired) electrons. The molecule has 1 unspecified atom stereocenters. The standard InChI is InChI=1S/C39H33Cl2N3O3S/c1-3-26-17-10-12-25(2)35(26)44-39(47)36(27-13-6-4-7-14-27)48-31-22-20-30(21-23-31)42-38(46)33(24-29-18-11-19-32(40)34(29)41)43-37(45)28-15-8-5-9-16-28/h4-24,36H,3H2,1-2H3,(H,42,46)(H,43,45)(H,44,47)/b33-24-. The summed E-state index contributed by atoms with van der Waals surface area (Å²) in [6.07, 6.45) is 2.28. The van der Waals surface area contributed by atoms with Crippen molar-refractivity contribution in [3.8, 4) is 0 Å². The second kappa shape index (κ2) is 16.3. The SMILES string of the molecule is CCc1cccc(C)c1NC(=O)C(Sc1ccc(NC(=O)/C(=C/c2cccc(Cl)c2Cl)NC(=O)c2ccccc2)cc1)c1ccccc1. The van der Waals surface area contributed by atoms with Gasteiger partial charge in [0.15, 0.2) is 0 Å². The lowest BCUT2D eigenvalue weighted by atomic mass is 10.1. The molecule has 0 spiro atoms. The monoisotopic (exact) mass is 693 g/mol. The molecule has 0 aliphatic heterocycles. The number of carbonyl (C=O) groups excluding carboxylic acids is 3. The van der Waals surface area contributed by atoms with Gasteiger partial charge in [-0.05, 0) is 84.1 Å². The Bertz CT molecular complexity index is 1950. The lowest BCUT2D eigenvalue weighted by Crippen LogP contribution is -2.30. The molecule has 5 rings (SSSR count). The normalized spacial score (nSPS) is 11.8. The van der Waals surface area contributed by atoms with E-state index in [1.165, 1.54) is 17.8 Å². The number of amides is 3. The smallest absolute Gasteiger partial charge is 0.272 e. The molecule has 0 aromatic heterocycles. The molecule has 0 aliphatic rings. The van der Waals surface area contributed by atoms with Crippen LogP contribution in [0.25, 0.3) is 6.08 Å². The Kier molecular flexibility index (Phi) is 11.7. The van der Waals surface area contributed by atoms with Gasteiger partial charge in [-0.1, -0.05) is 109 Å². The van der Waals surface area contributed by atoms with Gasteiger partial charge >= 0.3 is 0 Å². The molecule has 0 aliphatic carbocycles. The van der Waals surface area contributed by atoms with Crippen molar-refractivity contribution < 1.29 is 14.4 Å². The van der Waals surface area contributed by atoms with Gasteiger partial charge in [0.2, 0.25) is 5.91 Å². The highest BCUT2D eigenvalue weighted by atomic mass is 35.5. The van der Waals surface area contributed by atoms with Crippen molar-refractivity contribution in [1.82, 2.24) is 5.32 Å². The molecular formula is C39H33Cl2N3O3S. The van der Waals surface area contributed by atoms with Gasteiger partial charge in [-0.2, -0.15) is 0 Å². The molecule has 3 amide bonds. The van der Waals surface area contributed by atoms with Gasteiger partial charge in [-0.15, -0.1) is 11.8 Å². The number of benzene rings is 5. The third kappa shape index (κ3) is 8.75. The quantitative estimate of drug-likeness (QED) is 0.0950. The summed E-state index contributed by atoms with van der Waals surface area (Å²) in [5.41, 5.74) is 5.12. The summed E-state index contributed by atoms with van der Waals surface area (Å²) >= 11 is 14.0. The highest BCUT2D eigenvalue weighted by Gasteiger charge is 2.24. The van der Waals surface area contributed by atoms with Crippen molar-refractivity contribution in [2.45, 2.75) is 30.4 Å². The van der Waals surface area contributed by atoms with Crippen LogP contribution in [0.1, 0.15) is 44.8 Å². The number of hydrogen-bond acceptors (Lipinski definition) is 4. The van der Waals surface area contributed by atoms with Crippen LogP contribution in [0.15, 0.2) is 132 Å². The fourth-order valence-corrected chi connectivity index (χ4v) is 6.36. The number of hydrogen-bond donors (Lipinski definition) is 3. The third-order valence-electron chi connectivity index (χ3n) is 7.50. The van der Waals surface area contributed by atoms with Crippen LogP contribution in [-0.4, -0.2) is 17.7 Å². The maximum Gasteiger partial charge on any atom is 0.272 e. The van der Waals surface area contributed by atoms with Gasteiger partial charge in [-0.25, -0.2) is 0 Å². The molecule has 0 bridgehead atoms. The summed E-state index contributed by atoms with van der Waals surface area (Å²) in [4.78, 5) is 41.2. The maximum absolute atomic E-state index is 13.8. The summed E-state index contributed by atoms with van der Waals surface area (Å²) < 4.78 is 0.